The third-order valence-electron chi connectivity index (χ3n) is 4.27. The Morgan fingerprint density at radius 2 is 2.00 bits per heavy atom. The maximum absolute atomic E-state index is 12.4. The Hall–Kier alpha value is -2.54. The molecule has 6 nitrogen and oxygen atoms in total. The number of nitrogens with one attached hydrogen (secondary N) is 1. The predicted octanol–water partition coefficient (Wildman–Crippen LogP) is 3.30. The summed E-state index contributed by atoms with van der Waals surface area (Å²) < 4.78 is 1.67. The van der Waals surface area contributed by atoms with Gasteiger partial charge in [-0.1, -0.05) is 42.0 Å². The Labute approximate surface area is 149 Å². The van der Waals surface area contributed by atoms with E-state index in [-0.39, 0.29) is 5.91 Å². The lowest BCUT2D eigenvalue weighted by atomic mass is 10.2. The van der Waals surface area contributed by atoms with Gasteiger partial charge in [0.25, 0.3) is 5.91 Å². The van der Waals surface area contributed by atoms with Crippen LogP contribution in [-0.2, 0) is 19.4 Å². The van der Waals surface area contributed by atoms with Gasteiger partial charge in [0.05, 0.1) is 18.4 Å². The zero-order valence-corrected chi connectivity index (χ0v) is 14.6. The fourth-order valence-electron chi connectivity index (χ4n) is 2.99. The van der Waals surface area contributed by atoms with Crippen LogP contribution in [-0.4, -0.2) is 25.9 Å². The molecular formula is C18H19N5OS. The Morgan fingerprint density at radius 3 is 2.88 bits per heavy atom. The number of hydrogen-bond acceptors (Lipinski definition) is 5. The molecule has 3 aromatic rings. The van der Waals surface area contributed by atoms with Gasteiger partial charge in [0.1, 0.15) is 0 Å². The highest BCUT2D eigenvalue weighted by Crippen LogP contribution is 2.29. The molecule has 0 atom stereocenters. The van der Waals surface area contributed by atoms with Crippen LogP contribution in [0.3, 0.4) is 0 Å². The number of aryl methyl sites for hydroxylation is 2. The van der Waals surface area contributed by atoms with E-state index in [1.807, 2.05) is 30.3 Å². The smallest absolute Gasteiger partial charge is 0.279 e. The fraction of sp³-hybridized carbons (Fsp3) is 0.333. The van der Waals surface area contributed by atoms with E-state index in [9.17, 15) is 4.79 Å². The number of carbonyl (C=O) groups is 1. The second-order valence-corrected chi connectivity index (χ2v) is 7.27. The molecular weight excluding hydrogens is 334 g/mol. The summed E-state index contributed by atoms with van der Waals surface area (Å²) >= 11 is 1.58. The van der Waals surface area contributed by atoms with Crippen LogP contribution >= 0.6 is 11.3 Å². The topological polar surface area (TPSA) is 72.7 Å². The maximum Gasteiger partial charge on any atom is 0.279 e. The van der Waals surface area contributed by atoms with Gasteiger partial charge in [0.2, 0.25) is 0 Å². The Bertz CT molecular complexity index is 847. The summed E-state index contributed by atoms with van der Waals surface area (Å²) in [4.78, 5) is 18.3. The maximum atomic E-state index is 12.4. The lowest BCUT2D eigenvalue weighted by molar-refractivity contribution is 0.102. The molecule has 1 amide bonds. The molecule has 0 spiro atoms. The minimum atomic E-state index is -0.261. The second kappa shape index (κ2) is 7.14. The SMILES string of the molecule is O=C(Nc1nc2c(s1)CCCCC2)c1cn(Cc2ccccc2)nn1. The summed E-state index contributed by atoms with van der Waals surface area (Å²) in [6.45, 7) is 0.590. The minimum Gasteiger partial charge on any atom is -0.296 e. The Balaban J connectivity index is 1.43. The molecule has 0 radical (unpaired) electrons. The van der Waals surface area contributed by atoms with Crippen LogP contribution in [0.5, 0.6) is 0 Å². The van der Waals surface area contributed by atoms with E-state index in [0.29, 0.717) is 17.4 Å². The molecule has 2 aromatic heterocycles. The molecule has 0 unspecified atom stereocenters. The fourth-order valence-corrected chi connectivity index (χ4v) is 4.04. The summed E-state index contributed by atoms with van der Waals surface area (Å²) in [6.07, 6.45) is 7.38. The van der Waals surface area contributed by atoms with Crippen molar-refractivity contribution in [2.75, 3.05) is 5.32 Å². The molecule has 128 valence electrons. The highest BCUT2D eigenvalue weighted by Gasteiger charge is 2.17. The van der Waals surface area contributed by atoms with Crippen LogP contribution in [0.15, 0.2) is 36.5 Å². The highest BCUT2D eigenvalue weighted by molar-refractivity contribution is 7.15. The van der Waals surface area contributed by atoms with Crippen molar-refractivity contribution < 1.29 is 4.79 Å². The summed E-state index contributed by atoms with van der Waals surface area (Å²) in [5, 5.41) is 11.6. The number of benzene rings is 1. The van der Waals surface area contributed by atoms with Crippen LogP contribution in [0.4, 0.5) is 5.13 Å². The van der Waals surface area contributed by atoms with Gasteiger partial charge in [0, 0.05) is 4.88 Å². The van der Waals surface area contributed by atoms with Gasteiger partial charge < -0.3 is 0 Å². The Morgan fingerprint density at radius 1 is 1.16 bits per heavy atom. The van der Waals surface area contributed by atoms with E-state index in [1.165, 1.54) is 24.1 Å². The molecule has 0 aliphatic heterocycles. The number of anilines is 1. The molecule has 4 rings (SSSR count). The zero-order valence-electron chi connectivity index (χ0n) is 13.8. The van der Waals surface area contributed by atoms with Gasteiger partial charge in [-0.3, -0.25) is 10.1 Å². The average Bonchev–Trinajstić information content (AvgIpc) is 3.17. The number of nitrogens with zero attached hydrogens (tertiary/aromatic N) is 4. The van der Waals surface area contributed by atoms with Crippen LogP contribution in [0.1, 0.15) is 45.9 Å². The quantitative estimate of drug-likeness (QED) is 0.731. The first-order valence-electron chi connectivity index (χ1n) is 8.52. The third kappa shape index (κ3) is 3.76. The van der Waals surface area contributed by atoms with Crippen molar-refractivity contribution in [3.05, 3.63) is 58.4 Å². The molecule has 1 aliphatic carbocycles. The Kier molecular flexibility index (Phi) is 4.56. The number of thiazole rings is 1. The summed E-state index contributed by atoms with van der Waals surface area (Å²) in [5.41, 5.74) is 2.56. The normalized spacial score (nSPS) is 13.9. The molecule has 1 aromatic carbocycles. The molecule has 0 saturated carbocycles. The van der Waals surface area contributed by atoms with E-state index in [2.05, 4.69) is 20.6 Å². The number of carbonyl (C=O) groups excluding carboxylic acids is 1. The summed E-state index contributed by atoms with van der Waals surface area (Å²) in [7, 11) is 0. The largest absolute Gasteiger partial charge is 0.296 e. The van der Waals surface area contributed by atoms with Crippen molar-refractivity contribution in [1.82, 2.24) is 20.0 Å². The van der Waals surface area contributed by atoms with Crippen molar-refractivity contribution in [2.45, 2.75) is 38.6 Å². The van der Waals surface area contributed by atoms with Crippen molar-refractivity contribution in [2.24, 2.45) is 0 Å². The van der Waals surface area contributed by atoms with Gasteiger partial charge in [0.15, 0.2) is 10.8 Å². The van der Waals surface area contributed by atoms with Gasteiger partial charge in [-0.05, 0) is 31.2 Å². The summed E-state index contributed by atoms with van der Waals surface area (Å²) in [5.74, 6) is -0.261. The van der Waals surface area contributed by atoms with Crippen molar-refractivity contribution >= 4 is 22.4 Å². The van der Waals surface area contributed by atoms with E-state index in [4.69, 9.17) is 0 Å². The van der Waals surface area contributed by atoms with Gasteiger partial charge in [-0.2, -0.15) is 0 Å². The lowest BCUT2D eigenvalue weighted by Gasteiger charge is -1.99. The molecule has 25 heavy (non-hydrogen) atoms. The second-order valence-electron chi connectivity index (χ2n) is 6.19. The molecule has 0 saturated heterocycles. The average molecular weight is 353 g/mol. The number of amides is 1. The van der Waals surface area contributed by atoms with Crippen molar-refractivity contribution in [1.29, 1.82) is 0 Å². The molecule has 2 heterocycles. The van der Waals surface area contributed by atoms with E-state index >= 15 is 0 Å². The van der Waals surface area contributed by atoms with Crippen molar-refractivity contribution in [3.63, 3.8) is 0 Å². The standard InChI is InChI=1S/C18H19N5OS/c24-17(20-18-19-14-9-5-2-6-10-16(14)25-18)15-12-23(22-21-15)11-13-7-3-1-4-8-13/h1,3-4,7-8,12H,2,5-6,9-11H2,(H,19,20,24). The van der Waals surface area contributed by atoms with Crippen LogP contribution in [0.2, 0.25) is 0 Å². The molecule has 1 N–H and O–H groups in total. The monoisotopic (exact) mass is 353 g/mol. The molecule has 7 heteroatoms. The van der Waals surface area contributed by atoms with Gasteiger partial charge >= 0.3 is 0 Å². The molecule has 1 aliphatic rings. The van der Waals surface area contributed by atoms with Crippen molar-refractivity contribution in [3.8, 4) is 0 Å². The van der Waals surface area contributed by atoms with E-state index in [0.717, 1.165) is 24.1 Å². The first kappa shape index (κ1) is 16.0. The highest BCUT2D eigenvalue weighted by atomic mass is 32.1. The van der Waals surface area contributed by atoms with Gasteiger partial charge in [-0.15, -0.1) is 16.4 Å². The lowest BCUT2D eigenvalue weighted by Crippen LogP contribution is -2.12. The van der Waals surface area contributed by atoms with E-state index < -0.39 is 0 Å². The minimum absolute atomic E-state index is 0.261. The van der Waals surface area contributed by atoms with Gasteiger partial charge in [-0.25, -0.2) is 9.67 Å². The number of hydrogen-bond donors (Lipinski definition) is 1. The molecule has 0 fully saturated rings. The van der Waals surface area contributed by atoms with Crippen LogP contribution in [0, 0.1) is 0 Å². The predicted molar refractivity (Wildman–Crippen MR) is 96.9 cm³/mol. The summed E-state index contributed by atoms with van der Waals surface area (Å²) in [6, 6.07) is 9.96. The number of fused-ring (bicyclic) bond motifs is 1. The number of aromatic nitrogens is 4. The number of rotatable bonds is 4. The first-order chi connectivity index (χ1) is 12.3. The van der Waals surface area contributed by atoms with Crippen LogP contribution < -0.4 is 5.32 Å². The first-order valence-corrected chi connectivity index (χ1v) is 9.33. The van der Waals surface area contributed by atoms with Crippen LogP contribution in [0.25, 0.3) is 0 Å². The zero-order chi connectivity index (χ0) is 17.1. The third-order valence-corrected chi connectivity index (χ3v) is 5.35. The van der Waals surface area contributed by atoms with E-state index in [1.54, 1.807) is 22.2 Å². The molecule has 0 bridgehead atoms.